The van der Waals surface area contributed by atoms with Crippen LogP contribution < -0.4 is 0 Å². The number of rotatable bonds is 5. The van der Waals surface area contributed by atoms with Crippen LogP contribution in [0.15, 0.2) is 53.4 Å². The highest BCUT2D eigenvalue weighted by molar-refractivity contribution is 7.89. The summed E-state index contributed by atoms with van der Waals surface area (Å²) in [7, 11) is -1.80. The Balaban J connectivity index is 1.63. The fourth-order valence-corrected chi connectivity index (χ4v) is 5.12. The Bertz CT molecular complexity index is 951. The van der Waals surface area contributed by atoms with E-state index in [2.05, 4.69) is 0 Å². The number of aryl methyl sites for hydroxylation is 1. The third-order valence-electron chi connectivity index (χ3n) is 5.74. The summed E-state index contributed by atoms with van der Waals surface area (Å²) in [6.07, 6.45) is 0.981. The molecule has 1 fully saturated rings. The molecule has 1 aliphatic rings. The van der Waals surface area contributed by atoms with Crippen LogP contribution in [0.4, 0.5) is 4.39 Å². The van der Waals surface area contributed by atoms with Crippen molar-refractivity contribution in [3.8, 4) is 0 Å². The van der Waals surface area contributed by atoms with Gasteiger partial charge in [0.2, 0.25) is 15.9 Å². The van der Waals surface area contributed by atoms with Gasteiger partial charge in [0, 0.05) is 26.1 Å². The third kappa shape index (κ3) is 4.67. The lowest BCUT2D eigenvalue weighted by atomic mass is 9.95. The summed E-state index contributed by atoms with van der Waals surface area (Å²) in [5, 5.41) is 0. The Morgan fingerprint density at radius 3 is 2.17 bits per heavy atom. The van der Waals surface area contributed by atoms with Gasteiger partial charge in [0.15, 0.2) is 0 Å². The topological polar surface area (TPSA) is 57.7 Å². The maximum absolute atomic E-state index is 13.1. The molecule has 0 saturated carbocycles. The molecule has 0 aromatic heterocycles. The van der Waals surface area contributed by atoms with Crippen molar-refractivity contribution in [1.29, 1.82) is 0 Å². The molecule has 1 unspecified atom stereocenters. The number of hydrogen-bond acceptors (Lipinski definition) is 3. The third-order valence-corrected chi connectivity index (χ3v) is 7.66. The minimum absolute atomic E-state index is 0.00536. The van der Waals surface area contributed by atoms with Gasteiger partial charge in [0.25, 0.3) is 0 Å². The van der Waals surface area contributed by atoms with Crippen LogP contribution in [0.3, 0.4) is 0 Å². The molecule has 2 aromatic rings. The van der Waals surface area contributed by atoms with E-state index in [1.807, 2.05) is 13.8 Å². The molecule has 156 valence electrons. The molecule has 2 aromatic carbocycles. The van der Waals surface area contributed by atoms with Crippen molar-refractivity contribution >= 4 is 15.9 Å². The smallest absolute Gasteiger partial charge is 0.243 e. The minimum Gasteiger partial charge on any atom is -0.339 e. The van der Waals surface area contributed by atoms with E-state index in [0.29, 0.717) is 25.9 Å². The molecule has 7 heteroatoms. The Morgan fingerprint density at radius 1 is 1.07 bits per heavy atom. The van der Waals surface area contributed by atoms with Gasteiger partial charge < -0.3 is 4.90 Å². The van der Waals surface area contributed by atoms with Gasteiger partial charge in [-0.15, -0.1) is 0 Å². The van der Waals surface area contributed by atoms with E-state index < -0.39 is 10.0 Å². The van der Waals surface area contributed by atoms with Crippen LogP contribution in [0.2, 0.25) is 0 Å². The number of halogens is 1. The van der Waals surface area contributed by atoms with E-state index in [1.54, 1.807) is 48.3 Å². The Hall–Kier alpha value is -2.25. The molecule has 0 radical (unpaired) electrons. The summed E-state index contributed by atoms with van der Waals surface area (Å²) < 4.78 is 40.3. The molecule has 5 nitrogen and oxygen atoms in total. The van der Waals surface area contributed by atoms with Crippen LogP contribution in [0.5, 0.6) is 0 Å². The Morgan fingerprint density at radius 2 is 1.62 bits per heavy atom. The first kappa shape index (κ1) is 21.5. The predicted octanol–water partition coefficient (Wildman–Crippen LogP) is 3.75. The van der Waals surface area contributed by atoms with Gasteiger partial charge in [-0.1, -0.05) is 29.8 Å². The first-order valence-corrected chi connectivity index (χ1v) is 11.2. The summed E-state index contributed by atoms with van der Waals surface area (Å²) >= 11 is 0. The van der Waals surface area contributed by atoms with Gasteiger partial charge in [0.1, 0.15) is 5.82 Å². The standard InChI is InChI=1S/C22H27FN2O3S/c1-16-4-10-21(11-5-16)29(27,28)25-14-12-19(13-15-25)22(26)24(3)17(2)18-6-8-20(23)9-7-18/h4-11,17,19H,12-15H2,1-3H3. The number of nitrogens with zero attached hydrogens (tertiary/aromatic N) is 2. The van der Waals surface area contributed by atoms with Gasteiger partial charge in [0.05, 0.1) is 10.9 Å². The number of amides is 1. The van der Waals surface area contributed by atoms with Crippen LogP contribution in [0, 0.1) is 18.7 Å². The van der Waals surface area contributed by atoms with Crippen LogP contribution in [0.25, 0.3) is 0 Å². The molecule has 1 aliphatic heterocycles. The van der Waals surface area contributed by atoms with E-state index in [0.717, 1.165) is 11.1 Å². The van der Waals surface area contributed by atoms with Crippen molar-refractivity contribution in [2.75, 3.05) is 20.1 Å². The van der Waals surface area contributed by atoms with Gasteiger partial charge in [-0.05, 0) is 56.5 Å². The first-order chi connectivity index (χ1) is 13.7. The quantitative estimate of drug-likeness (QED) is 0.743. The highest BCUT2D eigenvalue weighted by Crippen LogP contribution is 2.28. The van der Waals surface area contributed by atoms with Crippen LogP contribution in [-0.2, 0) is 14.8 Å². The van der Waals surface area contributed by atoms with E-state index in [4.69, 9.17) is 0 Å². The maximum atomic E-state index is 13.1. The summed E-state index contributed by atoms with van der Waals surface area (Å²) in [6, 6.07) is 12.8. The highest BCUT2D eigenvalue weighted by atomic mass is 32.2. The van der Waals surface area contributed by atoms with Crippen molar-refractivity contribution in [2.24, 2.45) is 5.92 Å². The largest absolute Gasteiger partial charge is 0.339 e. The number of carbonyl (C=O) groups is 1. The van der Waals surface area contributed by atoms with Crippen molar-refractivity contribution in [2.45, 2.75) is 37.6 Å². The van der Waals surface area contributed by atoms with E-state index >= 15 is 0 Å². The molecule has 0 N–H and O–H groups in total. The fourth-order valence-electron chi connectivity index (χ4n) is 3.65. The second-order valence-corrected chi connectivity index (χ2v) is 9.61. The lowest BCUT2D eigenvalue weighted by molar-refractivity contribution is -0.137. The highest BCUT2D eigenvalue weighted by Gasteiger charge is 2.34. The van der Waals surface area contributed by atoms with Crippen molar-refractivity contribution in [1.82, 2.24) is 9.21 Å². The molecule has 29 heavy (non-hydrogen) atoms. The van der Waals surface area contributed by atoms with Crippen LogP contribution in [0.1, 0.15) is 36.9 Å². The molecule has 1 atom stereocenters. The number of carbonyl (C=O) groups excluding carboxylic acids is 1. The van der Waals surface area contributed by atoms with Crippen molar-refractivity contribution < 1.29 is 17.6 Å². The second kappa shape index (κ2) is 8.63. The van der Waals surface area contributed by atoms with Crippen molar-refractivity contribution in [3.63, 3.8) is 0 Å². The fraction of sp³-hybridized carbons (Fsp3) is 0.409. The zero-order chi connectivity index (χ0) is 21.2. The maximum Gasteiger partial charge on any atom is 0.243 e. The SMILES string of the molecule is Cc1ccc(S(=O)(=O)N2CCC(C(=O)N(C)C(C)c3ccc(F)cc3)CC2)cc1. The van der Waals surface area contributed by atoms with Gasteiger partial charge in [-0.2, -0.15) is 4.31 Å². The summed E-state index contributed by atoms with van der Waals surface area (Å²) in [5.74, 6) is -0.529. The molecular weight excluding hydrogens is 391 g/mol. The molecular formula is C22H27FN2O3S. The monoisotopic (exact) mass is 418 g/mol. The molecule has 1 heterocycles. The predicted molar refractivity (Wildman–Crippen MR) is 110 cm³/mol. The van der Waals surface area contributed by atoms with Crippen LogP contribution >= 0.6 is 0 Å². The number of piperidine rings is 1. The Labute approximate surface area is 172 Å². The lowest BCUT2D eigenvalue weighted by Crippen LogP contribution is -2.43. The zero-order valence-electron chi connectivity index (χ0n) is 17.0. The van der Waals surface area contributed by atoms with Gasteiger partial charge >= 0.3 is 0 Å². The average Bonchev–Trinajstić information content (AvgIpc) is 2.73. The lowest BCUT2D eigenvalue weighted by Gasteiger charge is -2.34. The van der Waals surface area contributed by atoms with E-state index in [1.165, 1.54) is 16.4 Å². The molecule has 0 aliphatic carbocycles. The number of hydrogen-bond donors (Lipinski definition) is 0. The van der Waals surface area contributed by atoms with E-state index in [9.17, 15) is 17.6 Å². The molecule has 1 amide bonds. The van der Waals surface area contributed by atoms with Crippen molar-refractivity contribution in [3.05, 3.63) is 65.5 Å². The van der Waals surface area contributed by atoms with Crippen LogP contribution in [-0.4, -0.2) is 43.7 Å². The first-order valence-electron chi connectivity index (χ1n) is 9.79. The van der Waals surface area contributed by atoms with E-state index in [-0.39, 0.29) is 28.6 Å². The Kier molecular flexibility index (Phi) is 6.39. The molecule has 3 rings (SSSR count). The summed E-state index contributed by atoms with van der Waals surface area (Å²) in [4.78, 5) is 14.9. The summed E-state index contributed by atoms with van der Waals surface area (Å²) in [6.45, 7) is 4.47. The molecule has 0 spiro atoms. The normalized spacial score (nSPS) is 17.1. The van der Waals surface area contributed by atoms with Gasteiger partial charge in [-0.3, -0.25) is 4.79 Å². The zero-order valence-corrected chi connectivity index (χ0v) is 17.8. The average molecular weight is 419 g/mol. The van der Waals surface area contributed by atoms with Gasteiger partial charge in [-0.25, -0.2) is 12.8 Å². The number of benzene rings is 2. The molecule has 0 bridgehead atoms. The second-order valence-electron chi connectivity index (χ2n) is 7.67. The number of sulfonamides is 1. The molecule has 1 saturated heterocycles. The summed E-state index contributed by atoms with van der Waals surface area (Å²) in [5.41, 5.74) is 1.87. The minimum atomic E-state index is -3.54.